The molecule has 0 saturated carbocycles. The zero-order chi connectivity index (χ0) is 18.2. The number of ether oxygens (including phenoxy) is 1. The van der Waals surface area contributed by atoms with Crippen LogP contribution in [-0.4, -0.2) is 22.8 Å². The number of hydrogen-bond acceptors (Lipinski definition) is 3. The maximum absolute atomic E-state index is 9.23. The van der Waals surface area contributed by atoms with Gasteiger partial charge in [0, 0.05) is 31.3 Å². The van der Waals surface area contributed by atoms with Crippen molar-refractivity contribution < 1.29 is 4.74 Å². The van der Waals surface area contributed by atoms with Crippen LogP contribution in [0.15, 0.2) is 61.2 Å². The van der Waals surface area contributed by atoms with E-state index in [1.807, 2.05) is 29.8 Å². The summed E-state index contributed by atoms with van der Waals surface area (Å²) in [5.41, 5.74) is 5.37. The van der Waals surface area contributed by atoms with Crippen molar-refractivity contribution in [2.75, 3.05) is 13.2 Å². The first-order valence-electron chi connectivity index (χ1n) is 9.01. The van der Waals surface area contributed by atoms with E-state index < -0.39 is 0 Å². The van der Waals surface area contributed by atoms with Gasteiger partial charge in [0.2, 0.25) is 0 Å². The number of aryl methyl sites for hydroxylation is 1. The Balaban J connectivity index is 1.80. The van der Waals surface area contributed by atoms with E-state index in [4.69, 9.17) is 4.74 Å². The van der Waals surface area contributed by atoms with Crippen LogP contribution in [0.2, 0.25) is 0 Å². The number of rotatable bonds is 8. The molecule has 0 spiro atoms. The average molecular weight is 345 g/mol. The van der Waals surface area contributed by atoms with Gasteiger partial charge in [-0.15, -0.1) is 0 Å². The van der Waals surface area contributed by atoms with Gasteiger partial charge in [0.25, 0.3) is 0 Å². The van der Waals surface area contributed by atoms with Crippen molar-refractivity contribution in [1.82, 2.24) is 9.55 Å². The Kier molecular flexibility index (Phi) is 6.19. The number of unbranched alkanes of at least 4 members (excludes halogenated alkanes) is 1. The molecule has 4 heteroatoms. The number of hydrogen-bond donors (Lipinski definition) is 0. The largest absolute Gasteiger partial charge is 0.382 e. The molecular weight excluding hydrogens is 322 g/mol. The predicted octanol–water partition coefficient (Wildman–Crippen LogP) is 4.77. The molecule has 132 valence electrons. The van der Waals surface area contributed by atoms with Gasteiger partial charge in [-0.1, -0.05) is 18.2 Å². The summed E-state index contributed by atoms with van der Waals surface area (Å²) in [6, 6.07) is 16.6. The second-order valence-corrected chi connectivity index (χ2v) is 6.15. The van der Waals surface area contributed by atoms with Crippen molar-refractivity contribution in [3.8, 4) is 22.9 Å². The van der Waals surface area contributed by atoms with Gasteiger partial charge in [-0.05, 0) is 67.1 Å². The van der Waals surface area contributed by atoms with Crippen LogP contribution in [0.5, 0.6) is 0 Å². The first kappa shape index (κ1) is 17.9. The van der Waals surface area contributed by atoms with Gasteiger partial charge in [-0.2, -0.15) is 5.26 Å². The fourth-order valence-corrected chi connectivity index (χ4v) is 3.04. The minimum Gasteiger partial charge on any atom is -0.382 e. The molecule has 0 unspecified atom stereocenters. The maximum Gasteiger partial charge on any atom is 0.0991 e. The lowest BCUT2D eigenvalue weighted by Crippen LogP contribution is -1.97. The third-order valence-electron chi connectivity index (χ3n) is 4.40. The molecule has 3 aromatic rings. The van der Waals surface area contributed by atoms with Crippen LogP contribution in [0.4, 0.5) is 0 Å². The van der Waals surface area contributed by atoms with E-state index in [1.165, 1.54) is 11.1 Å². The summed E-state index contributed by atoms with van der Waals surface area (Å²) >= 11 is 0. The third kappa shape index (κ3) is 4.38. The molecule has 0 bridgehead atoms. The fourth-order valence-electron chi connectivity index (χ4n) is 3.04. The average Bonchev–Trinajstić information content (AvgIpc) is 3.23. The molecule has 0 radical (unpaired) electrons. The number of aromatic nitrogens is 2. The van der Waals surface area contributed by atoms with E-state index in [-0.39, 0.29) is 0 Å². The Morgan fingerprint density at radius 1 is 1.12 bits per heavy atom. The van der Waals surface area contributed by atoms with Crippen molar-refractivity contribution in [2.45, 2.75) is 26.2 Å². The van der Waals surface area contributed by atoms with Crippen LogP contribution in [0.1, 0.15) is 30.9 Å². The molecule has 0 amide bonds. The van der Waals surface area contributed by atoms with Gasteiger partial charge in [0.05, 0.1) is 18.0 Å². The van der Waals surface area contributed by atoms with Crippen LogP contribution in [0.25, 0.3) is 16.8 Å². The molecule has 26 heavy (non-hydrogen) atoms. The van der Waals surface area contributed by atoms with Crippen LogP contribution < -0.4 is 0 Å². The van der Waals surface area contributed by atoms with Gasteiger partial charge in [-0.25, -0.2) is 4.98 Å². The Bertz CT molecular complexity index is 861. The van der Waals surface area contributed by atoms with E-state index in [9.17, 15) is 5.26 Å². The molecule has 1 heterocycles. The first-order valence-corrected chi connectivity index (χ1v) is 9.01. The van der Waals surface area contributed by atoms with E-state index >= 15 is 0 Å². The van der Waals surface area contributed by atoms with Crippen molar-refractivity contribution >= 4 is 0 Å². The number of benzene rings is 2. The molecule has 4 nitrogen and oxygen atoms in total. The summed E-state index contributed by atoms with van der Waals surface area (Å²) in [4.78, 5) is 4.09. The van der Waals surface area contributed by atoms with E-state index in [0.29, 0.717) is 5.56 Å². The minimum atomic E-state index is 0.712. The highest BCUT2D eigenvalue weighted by Gasteiger charge is 2.07. The highest BCUT2D eigenvalue weighted by molar-refractivity contribution is 5.69. The van der Waals surface area contributed by atoms with E-state index in [0.717, 1.165) is 43.7 Å². The summed E-state index contributed by atoms with van der Waals surface area (Å²) in [6.07, 6.45) is 8.52. The Hall–Kier alpha value is -2.90. The molecule has 0 fully saturated rings. The second kappa shape index (κ2) is 8.98. The van der Waals surface area contributed by atoms with Gasteiger partial charge in [0.15, 0.2) is 0 Å². The van der Waals surface area contributed by atoms with E-state index in [1.54, 1.807) is 12.5 Å². The first-order chi connectivity index (χ1) is 12.8. The van der Waals surface area contributed by atoms with Gasteiger partial charge < -0.3 is 9.30 Å². The Labute approximate surface area is 154 Å². The molecule has 0 aliphatic rings. The predicted molar refractivity (Wildman–Crippen MR) is 103 cm³/mol. The molecule has 0 atom stereocenters. The zero-order valence-electron chi connectivity index (χ0n) is 15.1. The van der Waals surface area contributed by atoms with Crippen molar-refractivity contribution in [3.05, 3.63) is 72.3 Å². The molecule has 0 N–H and O–H groups in total. The molecular formula is C22H23N3O. The van der Waals surface area contributed by atoms with Crippen LogP contribution in [0.3, 0.4) is 0 Å². The molecule has 3 rings (SSSR count). The monoisotopic (exact) mass is 345 g/mol. The molecule has 0 aliphatic carbocycles. The molecule has 2 aromatic carbocycles. The normalized spacial score (nSPS) is 10.6. The highest BCUT2D eigenvalue weighted by Crippen LogP contribution is 2.27. The van der Waals surface area contributed by atoms with Gasteiger partial charge in [-0.3, -0.25) is 0 Å². The number of nitriles is 1. The van der Waals surface area contributed by atoms with Crippen LogP contribution in [0, 0.1) is 11.3 Å². The minimum absolute atomic E-state index is 0.712. The second-order valence-electron chi connectivity index (χ2n) is 6.15. The third-order valence-corrected chi connectivity index (χ3v) is 4.40. The number of imidazole rings is 1. The topological polar surface area (TPSA) is 50.8 Å². The lowest BCUT2D eigenvalue weighted by molar-refractivity contribution is 0.143. The smallest absolute Gasteiger partial charge is 0.0991 e. The lowest BCUT2D eigenvalue weighted by atomic mass is 9.94. The summed E-state index contributed by atoms with van der Waals surface area (Å²) in [7, 11) is 0. The number of nitrogens with zero attached hydrogens (tertiary/aromatic N) is 3. The quantitative estimate of drug-likeness (QED) is 0.553. The standard InChI is InChI=1S/C22H23N3O/c1-2-26-14-4-3-5-20-15-18(16-23)6-11-22(20)19-7-9-21(10-8-19)25-13-12-24-17-25/h6-13,15,17H,2-5,14H2,1H3. The lowest BCUT2D eigenvalue weighted by Gasteiger charge is -2.12. The van der Waals surface area contributed by atoms with Gasteiger partial charge >= 0.3 is 0 Å². The van der Waals surface area contributed by atoms with Crippen LogP contribution in [-0.2, 0) is 11.2 Å². The van der Waals surface area contributed by atoms with E-state index in [2.05, 4.69) is 41.4 Å². The highest BCUT2D eigenvalue weighted by atomic mass is 16.5. The summed E-state index contributed by atoms with van der Waals surface area (Å²) in [5, 5.41) is 9.23. The van der Waals surface area contributed by atoms with Gasteiger partial charge in [0.1, 0.15) is 0 Å². The van der Waals surface area contributed by atoms with Crippen molar-refractivity contribution in [2.24, 2.45) is 0 Å². The summed E-state index contributed by atoms with van der Waals surface area (Å²) < 4.78 is 7.40. The summed E-state index contributed by atoms with van der Waals surface area (Å²) in [6.45, 7) is 3.57. The molecule has 0 aliphatic heterocycles. The summed E-state index contributed by atoms with van der Waals surface area (Å²) in [5.74, 6) is 0. The Morgan fingerprint density at radius 3 is 2.65 bits per heavy atom. The zero-order valence-corrected chi connectivity index (χ0v) is 15.1. The Morgan fingerprint density at radius 2 is 1.96 bits per heavy atom. The van der Waals surface area contributed by atoms with Crippen molar-refractivity contribution in [1.29, 1.82) is 5.26 Å². The molecule has 1 aromatic heterocycles. The fraction of sp³-hybridized carbons (Fsp3) is 0.273. The SMILES string of the molecule is CCOCCCCc1cc(C#N)ccc1-c1ccc(-n2ccnc2)cc1. The maximum atomic E-state index is 9.23. The van der Waals surface area contributed by atoms with Crippen molar-refractivity contribution in [3.63, 3.8) is 0 Å². The van der Waals surface area contributed by atoms with Crippen LogP contribution >= 0.6 is 0 Å². The molecule has 0 saturated heterocycles.